The van der Waals surface area contributed by atoms with Crippen molar-refractivity contribution in [3.8, 4) is 0 Å². The van der Waals surface area contributed by atoms with Crippen LogP contribution in [0.15, 0.2) is 24.3 Å². The van der Waals surface area contributed by atoms with Crippen molar-refractivity contribution in [2.75, 3.05) is 23.9 Å². The highest BCUT2D eigenvalue weighted by Crippen LogP contribution is 2.58. The van der Waals surface area contributed by atoms with Crippen LogP contribution in [0.2, 0.25) is 0 Å². The van der Waals surface area contributed by atoms with Crippen molar-refractivity contribution in [2.24, 2.45) is 5.41 Å². The van der Waals surface area contributed by atoms with Gasteiger partial charge in [0, 0.05) is 30.0 Å². The third kappa shape index (κ3) is 3.56. The molecule has 2 aliphatic rings. The zero-order chi connectivity index (χ0) is 16.5. The van der Waals surface area contributed by atoms with E-state index in [0.717, 1.165) is 24.3 Å². The first-order chi connectivity index (χ1) is 10.9. The molecule has 1 aromatic carbocycles. The molecule has 2 saturated carbocycles. The molecule has 23 heavy (non-hydrogen) atoms. The molecule has 2 atom stereocenters. The van der Waals surface area contributed by atoms with Crippen LogP contribution in [0.4, 0.5) is 5.69 Å². The first kappa shape index (κ1) is 16.8. The highest BCUT2D eigenvalue weighted by Gasteiger charge is 2.58. The van der Waals surface area contributed by atoms with Crippen molar-refractivity contribution in [3.63, 3.8) is 0 Å². The molecule has 0 amide bonds. The zero-order valence-electron chi connectivity index (χ0n) is 14.0. The summed E-state index contributed by atoms with van der Waals surface area (Å²) in [6.45, 7) is 2.87. The van der Waals surface area contributed by atoms with Crippen LogP contribution in [0.3, 0.4) is 0 Å². The standard InChI is InChI=1S/C18H27NO3S/c1-3-22-17-13-16(18(17)10-4-11-18)19-15-7-5-14(6-8-15)9-12-23(2,20)21/h5-8,16-17,19H,3-4,9-13H2,1-2H3. The van der Waals surface area contributed by atoms with E-state index in [1.807, 2.05) is 12.1 Å². The van der Waals surface area contributed by atoms with Crippen LogP contribution < -0.4 is 5.32 Å². The van der Waals surface area contributed by atoms with Gasteiger partial charge in [-0.15, -0.1) is 0 Å². The maximum Gasteiger partial charge on any atom is 0.147 e. The number of ether oxygens (including phenoxy) is 1. The third-order valence-corrected chi connectivity index (χ3v) is 6.44. The van der Waals surface area contributed by atoms with Gasteiger partial charge >= 0.3 is 0 Å². The highest BCUT2D eigenvalue weighted by molar-refractivity contribution is 7.90. The molecular formula is C18H27NO3S. The Hall–Kier alpha value is -1.07. The smallest absolute Gasteiger partial charge is 0.147 e. The second-order valence-corrected chi connectivity index (χ2v) is 9.30. The molecule has 0 heterocycles. The molecular weight excluding hydrogens is 310 g/mol. The average molecular weight is 337 g/mol. The van der Waals surface area contributed by atoms with Crippen molar-refractivity contribution >= 4 is 15.5 Å². The first-order valence-electron chi connectivity index (χ1n) is 8.58. The van der Waals surface area contributed by atoms with Gasteiger partial charge in [-0.05, 0) is 50.3 Å². The Labute approximate surface area is 139 Å². The summed E-state index contributed by atoms with van der Waals surface area (Å²) in [5.41, 5.74) is 2.55. The van der Waals surface area contributed by atoms with E-state index >= 15 is 0 Å². The van der Waals surface area contributed by atoms with Gasteiger partial charge in [0.15, 0.2) is 0 Å². The topological polar surface area (TPSA) is 55.4 Å². The van der Waals surface area contributed by atoms with Gasteiger partial charge in [-0.25, -0.2) is 8.42 Å². The lowest BCUT2D eigenvalue weighted by atomic mass is 9.51. The molecule has 2 unspecified atom stereocenters. The fourth-order valence-corrected chi connectivity index (χ4v) is 4.52. The Kier molecular flexibility index (Phi) is 4.70. The van der Waals surface area contributed by atoms with E-state index in [4.69, 9.17) is 4.74 Å². The first-order valence-corrected chi connectivity index (χ1v) is 10.6. The van der Waals surface area contributed by atoms with E-state index < -0.39 is 9.84 Å². The van der Waals surface area contributed by atoms with Gasteiger partial charge in [-0.2, -0.15) is 0 Å². The van der Waals surface area contributed by atoms with Crippen LogP contribution in [-0.2, 0) is 21.0 Å². The van der Waals surface area contributed by atoms with Crippen molar-refractivity contribution in [1.29, 1.82) is 0 Å². The fraction of sp³-hybridized carbons (Fsp3) is 0.667. The minimum absolute atomic E-state index is 0.210. The molecule has 1 spiro atoms. The lowest BCUT2D eigenvalue weighted by Gasteiger charge is -2.61. The normalized spacial score (nSPS) is 25.7. The minimum Gasteiger partial charge on any atom is -0.382 e. The highest BCUT2D eigenvalue weighted by atomic mass is 32.2. The Morgan fingerprint density at radius 2 is 1.96 bits per heavy atom. The quantitative estimate of drug-likeness (QED) is 0.831. The van der Waals surface area contributed by atoms with Crippen molar-refractivity contribution in [2.45, 2.75) is 51.2 Å². The molecule has 0 aromatic heterocycles. The summed E-state index contributed by atoms with van der Waals surface area (Å²) in [5, 5.41) is 3.66. The summed E-state index contributed by atoms with van der Waals surface area (Å²) >= 11 is 0. The summed E-state index contributed by atoms with van der Waals surface area (Å²) in [7, 11) is -2.90. The van der Waals surface area contributed by atoms with Gasteiger partial charge < -0.3 is 10.1 Å². The molecule has 2 fully saturated rings. The molecule has 128 valence electrons. The average Bonchev–Trinajstić information content (AvgIpc) is 2.42. The number of hydrogen-bond acceptors (Lipinski definition) is 4. The van der Waals surface area contributed by atoms with Crippen LogP contribution in [0.25, 0.3) is 0 Å². The predicted molar refractivity (Wildman–Crippen MR) is 93.6 cm³/mol. The number of hydrogen-bond donors (Lipinski definition) is 1. The second-order valence-electron chi connectivity index (χ2n) is 7.04. The van der Waals surface area contributed by atoms with E-state index in [1.54, 1.807) is 0 Å². The molecule has 3 rings (SSSR count). The zero-order valence-corrected chi connectivity index (χ0v) is 14.9. The Morgan fingerprint density at radius 3 is 2.48 bits per heavy atom. The molecule has 5 heteroatoms. The van der Waals surface area contributed by atoms with Crippen molar-refractivity contribution < 1.29 is 13.2 Å². The minimum atomic E-state index is -2.90. The lowest BCUT2D eigenvalue weighted by Crippen LogP contribution is -2.64. The summed E-state index contributed by atoms with van der Waals surface area (Å²) < 4.78 is 28.4. The van der Waals surface area contributed by atoms with Crippen LogP contribution in [0, 0.1) is 5.41 Å². The van der Waals surface area contributed by atoms with Crippen molar-refractivity contribution in [3.05, 3.63) is 29.8 Å². The van der Waals surface area contributed by atoms with E-state index in [0.29, 0.717) is 24.0 Å². The van der Waals surface area contributed by atoms with Crippen molar-refractivity contribution in [1.82, 2.24) is 0 Å². The van der Waals surface area contributed by atoms with Gasteiger partial charge in [0.2, 0.25) is 0 Å². The molecule has 0 radical (unpaired) electrons. The number of nitrogens with one attached hydrogen (secondary N) is 1. The maximum atomic E-state index is 11.2. The van der Waals surface area contributed by atoms with Crippen LogP contribution >= 0.6 is 0 Å². The van der Waals surface area contributed by atoms with Crippen LogP contribution in [0.1, 0.15) is 38.2 Å². The monoisotopic (exact) mass is 337 g/mol. The largest absolute Gasteiger partial charge is 0.382 e. The van der Waals surface area contributed by atoms with Gasteiger partial charge in [0.25, 0.3) is 0 Å². The molecule has 1 N–H and O–H groups in total. The number of benzene rings is 1. The lowest BCUT2D eigenvalue weighted by molar-refractivity contribution is -0.157. The maximum absolute atomic E-state index is 11.2. The van der Waals surface area contributed by atoms with Gasteiger partial charge in [0.05, 0.1) is 11.9 Å². The Bertz CT molecular complexity index is 635. The summed E-state index contributed by atoms with van der Waals surface area (Å²) in [6.07, 6.45) is 7.22. The van der Waals surface area contributed by atoms with E-state index in [-0.39, 0.29) is 5.75 Å². The fourth-order valence-electron chi connectivity index (χ4n) is 3.91. The van der Waals surface area contributed by atoms with Gasteiger partial charge in [-0.1, -0.05) is 18.6 Å². The van der Waals surface area contributed by atoms with Crippen LogP contribution in [0.5, 0.6) is 0 Å². The van der Waals surface area contributed by atoms with E-state index in [1.165, 1.54) is 25.5 Å². The number of sulfone groups is 1. The summed E-state index contributed by atoms with van der Waals surface area (Å²) in [5.74, 6) is 0.210. The molecule has 0 saturated heterocycles. The van der Waals surface area contributed by atoms with Gasteiger partial charge in [-0.3, -0.25) is 0 Å². The van der Waals surface area contributed by atoms with E-state index in [2.05, 4.69) is 24.4 Å². The molecule has 1 aromatic rings. The molecule has 2 aliphatic carbocycles. The Balaban J connectivity index is 1.57. The SMILES string of the molecule is CCOC1CC(Nc2ccc(CCS(C)(=O)=O)cc2)C12CCC2. The Morgan fingerprint density at radius 1 is 1.26 bits per heavy atom. The molecule has 4 nitrogen and oxygen atoms in total. The van der Waals surface area contributed by atoms with E-state index in [9.17, 15) is 8.42 Å². The number of aryl methyl sites for hydroxylation is 1. The van der Waals surface area contributed by atoms with Crippen LogP contribution in [-0.4, -0.2) is 39.2 Å². The summed E-state index contributed by atoms with van der Waals surface area (Å²) in [6, 6.07) is 8.70. The molecule has 0 bridgehead atoms. The number of rotatable bonds is 7. The second kappa shape index (κ2) is 6.44. The molecule has 0 aliphatic heterocycles. The number of anilines is 1. The predicted octanol–water partition coefficient (Wildman–Crippen LogP) is 3.03. The third-order valence-electron chi connectivity index (χ3n) is 5.49. The van der Waals surface area contributed by atoms with Gasteiger partial charge in [0.1, 0.15) is 9.84 Å². The summed E-state index contributed by atoms with van der Waals surface area (Å²) in [4.78, 5) is 0.